The number of amides is 3. The van der Waals surface area contributed by atoms with E-state index < -0.39 is 23.8 Å². The van der Waals surface area contributed by atoms with Gasteiger partial charge in [-0.1, -0.05) is 69.9 Å². The smallest absolute Gasteiger partial charge is 0.408 e. The van der Waals surface area contributed by atoms with E-state index in [1.165, 1.54) is 0 Å². The van der Waals surface area contributed by atoms with Crippen LogP contribution in [0.1, 0.15) is 101 Å². The topological polar surface area (TPSA) is 108 Å². The number of phenolic OH excluding ortho intramolecular Hbond substituents is 1. The van der Waals surface area contributed by atoms with Crippen LogP contribution in [0.25, 0.3) is 0 Å². The van der Waals surface area contributed by atoms with Gasteiger partial charge in [0.2, 0.25) is 11.8 Å². The molecule has 3 N–H and O–H groups in total. The average molecular weight is 582 g/mol. The number of hydrogen-bond acceptors (Lipinski definition) is 5. The summed E-state index contributed by atoms with van der Waals surface area (Å²) in [6.45, 7) is 14.3. The Balaban J connectivity index is 2.57. The molecule has 0 aromatic heterocycles. The highest BCUT2D eigenvalue weighted by atomic mass is 16.6. The summed E-state index contributed by atoms with van der Waals surface area (Å²) in [5.41, 5.74) is 2.76. The lowest BCUT2D eigenvalue weighted by molar-refractivity contribution is -0.142. The molecule has 0 radical (unpaired) electrons. The number of hydrogen-bond donors (Lipinski definition) is 3. The normalized spacial score (nSPS) is 12.7. The minimum Gasteiger partial charge on any atom is -0.508 e. The number of phenols is 1. The van der Waals surface area contributed by atoms with E-state index in [1.807, 2.05) is 32.0 Å². The molecule has 2 aromatic carbocycles. The molecule has 2 unspecified atom stereocenters. The van der Waals surface area contributed by atoms with Crippen LogP contribution in [-0.4, -0.2) is 52.6 Å². The molecule has 0 saturated carbocycles. The van der Waals surface area contributed by atoms with Gasteiger partial charge in [0.25, 0.3) is 0 Å². The van der Waals surface area contributed by atoms with Crippen LogP contribution in [0.3, 0.4) is 0 Å². The van der Waals surface area contributed by atoms with E-state index in [4.69, 9.17) is 4.74 Å². The van der Waals surface area contributed by atoms with Gasteiger partial charge in [-0.3, -0.25) is 9.59 Å². The number of nitrogens with zero attached hydrogens (tertiary/aromatic N) is 1. The number of nitrogens with one attached hydrogen (secondary N) is 2. The molecule has 0 aliphatic rings. The zero-order valence-electron chi connectivity index (χ0n) is 26.6. The third-order valence-electron chi connectivity index (χ3n) is 7.23. The summed E-state index contributed by atoms with van der Waals surface area (Å²) in [4.78, 5) is 43.0. The number of carbonyl (C=O) groups is 3. The first-order chi connectivity index (χ1) is 19.9. The molecule has 0 bridgehead atoms. The fourth-order valence-corrected chi connectivity index (χ4v) is 4.82. The van der Waals surface area contributed by atoms with Crippen molar-refractivity contribution in [2.24, 2.45) is 0 Å². The van der Waals surface area contributed by atoms with E-state index in [0.29, 0.717) is 19.5 Å². The Hall–Kier alpha value is -3.55. The molecule has 0 saturated heterocycles. The van der Waals surface area contributed by atoms with Gasteiger partial charge in [-0.2, -0.15) is 0 Å². The fraction of sp³-hybridized carbons (Fsp3) is 0.559. The predicted molar refractivity (Wildman–Crippen MR) is 167 cm³/mol. The van der Waals surface area contributed by atoms with Crippen LogP contribution >= 0.6 is 0 Å². The van der Waals surface area contributed by atoms with Gasteiger partial charge in [-0.25, -0.2) is 4.79 Å². The highest BCUT2D eigenvalue weighted by molar-refractivity contribution is 5.92. The van der Waals surface area contributed by atoms with Crippen LogP contribution in [-0.2, 0) is 20.7 Å². The first-order valence-electron chi connectivity index (χ1n) is 15.3. The highest BCUT2D eigenvalue weighted by Gasteiger charge is 2.37. The summed E-state index contributed by atoms with van der Waals surface area (Å²) >= 11 is 0. The second-order valence-electron chi connectivity index (χ2n) is 12.0. The molecule has 0 aliphatic carbocycles. The quantitative estimate of drug-likeness (QED) is 0.208. The van der Waals surface area contributed by atoms with E-state index in [9.17, 15) is 19.5 Å². The minimum absolute atomic E-state index is 0.109. The zero-order chi connectivity index (χ0) is 31.3. The summed E-state index contributed by atoms with van der Waals surface area (Å²) in [6.07, 6.45) is 4.91. The Morgan fingerprint density at radius 3 is 2.19 bits per heavy atom. The number of aryl methyl sites for hydroxylation is 1. The Morgan fingerprint density at radius 1 is 0.929 bits per heavy atom. The fourth-order valence-electron chi connectivity index (χ4n) is 4.82. The summed E-state index contributed by atoms with van der Waals surface area (Å²) in [6, 6.07) is 10.5. The van der Waals surface area contributed by atoms with Crippen molar-refractivity contribution in [1.29, 1.82) is 0 Å². The van der Waals surface area contributed by atoms with Crippen LogP contribution in [0.15, 0.2) is 42.5 Å². The molecule has 0 fully saturated rings. The van der Waals surface area contributed by atoms with Crippen LogP contribution in [0.4, 0.5) is 4.79 Å². The third-order valence-corrected chi connectivity index (χ3v) is 7.23. The Labute approximate surface area is 252 Å². The summed E-state index contributed by atoms with van der Waals surface area (Å²) in [5, 5.41) is 15.7. The Bertz CT molecular complexity index is 1160. The van der Waals surface area contributed by atoms with Crippen molar-refractivity contribution < 1.29 is 24.2 Å². The van der Waals surface area contributed by atoms with Gasteiger partial charge in [0.1, 0.15) is 23.4 Å². The molecule has 2 rings (SSSR count). The zero-order valence-corrected chi connectivity index (χ0v) is 26.6. The number of aromatic hydroxyl groups is 1. The van der Waals surface area contributed by atoms with Crippen molar-refractivity contribution in [3.63, 3.8) is 0 Å². The van der Waals surface area contributed by atoms with E-state index in [-0.39, 0.29) is 24.0 Å². The van der Waals surface area contributed by atoms with Gasteiger partial charge >= 0.3 is 6.09 Å². The number of benzene rings is 2. The molecule has 0 aliphatic heterocycles. The summed E-state index contributed by atoms with van der Waals surface area (Å²) < 4.78 is 5.52. The van der Waals surface area contributed by atoms with Crippen LogP contribution in [0, 0.1) is 13.8 Å². The van der Waals surface area contributed by atoms with Gasteiger partial charge in [-0.05, 0) is 81.8 Å². The van der Waals surface area contributed by atoms with Gasteiger partial charge in [0, 0.05) is 19.5 Å². The molecular weight excluding hydrogens is 530 g/mol. The van der Waals surface area contributed by atoms with Crippen molar-refractivity contribution in [1.82, 2.24) is 15.5 Å². The number of unbranched alkanes of at least 4 members (excludes halogenated alkanes) is 4. The maximum Gasteiger partial charge on any atom is 0.408 e. The summed E-state index contributed by atoms with van der Waals surface area (Å²) in [7, 11) is 0. The molecule has 2 aromatic rings. The van der Waals surface area contributed by atoms with Gasteiger partial charge < -0.3 is 25.4 Å². The van der Waals surface area contributed by atoms with Crippen LogP contribution in [0.5, 0.6) is 5.75 Å². The largest absolute Gasteiger partial charge is 0.508 e. The molecule has 232 valence electrons. The van der Waals surface area contributed by atoms with Gasteiger partial charge in [-0.15, -0.1) is 0 Å². The maximum absolute atomic E-state index is 14.5. The van der Waals surface area contributed by atoms with Crippen LogP contribution in [0.2, 0.25) is 0 Å². The van der Waals surface area contributed by atoms with Crippen molar-refractivity contribution in [3.8, 4) is 5.75 Å². The second kappa shape index (κ2) is 16.8. The van der Waals surface area contributed by atoms with E-state index in [1.54, 1.807) is 49.9 Å². The third kappa shape index (κ3) is 11.0. The lowest BCUT2D eigenvalue weighted by Crippen LogP contribution is -2.54. The Kier molecular flexibility index (Phi) is 13.8. The van der Waals surface area contributed by atoms with Gasteiger partial charge in [0.15, 0.2) is 0 Å². The van der Waals surface area contributed by atoms with Crippen LogP contribution < -0.4 is 10.6 Å². The van der Waals surface area contributed by atoms with E-state index in [2.05, 4.69) is 24.5 Å². The lowest BCUT2D eigenvalue weighted by Gasteiger charge is -2.35. The molecule has 8 heteroatoms. The molecule has 8 nitrogen and oxygen atoms in total. The highest BCUT2D eigenvalue weighted by Crippen LogP contribution is 2.28. The number of rotatable bonds is 15. The summed E-state index contributed by atoms with van der Waals surface area (Å²) in [5.74, 6) is -0.484. The Morgan fingerprint density at radius 2 is 1.57 bits per heavy atom. The number of carbonyl (C=O) groups excluding carboxylic acids is 3. The first kappa shape index (κ1) is 34.7. The van der Waals surface area contributed by atoms with E-state index in [0.717, 1.165) is 54.4 Å². The first-order valence-corrected chi connectivity index (χ1v) is 15.3. The standard InChI is InChI=1S/C34H51N3O5/c1-8-10-12-21-35-31(39)30(28-16-14-15-24(3)25(28)4)37(22-13-11-9-2)32(40)29(36-33(41)42-34(5,6)7)23-26-17-19-27(38)20-18-26/h14-20,29-30,38H,8-13,21-23H2,1-7H3,(H,35,39)(H,36,41). The van der Waals surface area contributed by atoms with Crippen molar-refractivity contribution in [3.05, 3.63) is 64.7 Å². The van der Waals surface area contributed by atoms with Crippen molar-refractivity contribution in [2.75, 3.05) is 13.1 Å². The van der Waals surface area contributed by atoms with E-state index >= 15 is 0 Å². The van der Waals surface area contributed by atoms with Gasteiger partial charge in [0.05, 0.1) is 0 Å². The van der Waals surface area contributed by atoms with Crippen molar-refractivity contribution >= 4 is 17.9 Å². The predicted octanol–water partition coefficient (Wildman–Crippen LogP) is 6.51. The lowest BCUT2D eigenvalue weighted by atomic mass is 9.94. The molecular formula is C34H51N3O5. The molecule has 2 atom stereocenters. The van der Waals surface area contributed by atoms with Crippen molar-refractivity contribution in [2.45, 2.75) is 111 Å². The maximum atomic E-state index is 14.5. The number of ether oxygens (including phenoxy) is 1. The SMILES string of the molecule is CCCCCNC(=O)C(c1cccc(C)c1C)N(CCCCC)C(=O)C(Cc1ccc(O)cc1)NC(=O)OC(C)(C)C. The molecule has 0 spiro atoms. The average Bonchev–Trinajstić information content (AvgIpc) is 2.92. The monoisotopic (exact) mass is 581 g/mol. The molecule has 3 amide bonds. The second-order valence-corrected chi connectivity index (χ2v) is 12.0. The molecule has 0 heterocycles. The number of alkyl carbamates (subject to hydrolysis) is 1. The molecule has 42 heavy (non-hydrogen) atoms. The minimum atomic E-state index is -0.994.